The molecule has 78 valence electrons. The predicted octanol–water partition coefficient (Wildman–Crippen LogP) is -0.398. The summed E-state index contributed by atoms with van der Waals surface area (Å²) in [4.78, 5) is 15.1. The SMILES string of the molecule is CNC(=O)C(C)NCc1noc(C)n1. The Kier molecular flexibility index (Phi) is 3.58. The smallest absolute Gasteiger partial charge is 0.236 e. The molecule has 1 rings (SSSR count). The van der Waals surface area contributed by atoms with Crippen molar-refractivity contribution in [2.45, 2.75) is 26.4 Å². The van der Waals surface area contributed by atoms with Crippen LogP contribution in [-0.4, -0.2) is 29.1 Å². The van der Waals surface area contributed by atoms with E-state index in [-0.39, 0.29) is 11.9 Å². The van der Waals surface area contributed by atoms with Crippen LogP contribution in [0.1, 0.15) is 18.6 Å². The zero-order chi connectivity index (χ0) is 10.6. The van der Waals surface area contributed by atoms with Gasteiger partial charge < -0.3 is 9.84 Å². The van der Waals surface area contributed by atoms with Gasteiger partial charge in [0.05, 0.1) is 12.6 Å². The fourth-order valence-electron chi connectivity index (χ4n) is 0.967. The Morgan fingerprint density at radius 1 is 1.64 bits per heavy atom. The summed E-state index contributed by atoms with van der Waals surface area (Å²) in [6, 6.07) is -0.265. The van der Waals surface area contributed by atoms with E-state index < -0.39 is 0 Å². The summed E-state index contributed by atoms with van der Waals surface area (Å²) in [5.41, 5.74) is 0. The van der Waals surface area contributed by atoms with Crippen molar-refractivity contribution in [2.24, 2.45) is 0 Å². The number of amides is 1. The lowest BCUT2D eigenvalue weighted by atomic mass is 10.3. The number of hydrogen-bond donors (Lipinski definition) is 2. The minimum absolute atomic E-state index is 0.0646. The number of likely N-dealkylation sites (N-methyl/N-ethyl adjacent to an activating group) is 1. The van der Waals surface area contributed by atoms with Gasteiger partial charge in [0.2, 0.25) is 11.8 Å². The number of carbonyl (C=O) groups excluding carboxylic acids is 1. The molecule has 0 aliphatic rings. The van der Waals surface area contributed by atoms with E-state index in [1.54, 1.807) is 20.9 Å². The van der Waals surface area contributed by atoms with Gasteiger partial charge >= 0.3 is 0 Å². The molecule has 2 N–H and O–H groups in total. The number of carbonyl (C=O) groups is 1. The van der Waals surface area contributed by atoms with Crippen molar-refractivity contribution in [3.05, 3.63) is 11.7 Å². The number of nitrogens with zero attached hydrogens (tertiary/aromatic N) is 2. The Hall–Kier alpha value is -1.43. The van der Waals surface area contributed by atoms with Gasteiger partial charge in [-0.25, -0.2) is 0 Å². The minimum Gasteiger partial charge on any atom is -0.358 e. The van der Waals surface area contributed by atoms with E-state index in [0.29, 0.717) is 18.3 Å². The molecule has 0 fully saturated rings. The summed E-state index contributed by atoms with van der Waals surface area (Å²) in [5, 5.41) is 9.20. The Balaban J connectivity index is 2.37. The van der Waals surface area contributed by atoms with E-state index in [2.05, 4.69) is 20.8 Å². The lowest BCUT2D eigenvalue weighted by Gasteiger charge is -2.09. The van der Waals surface area contributed by atoms with Gasteiger partial charge in [-0.2, -0.15) is 4.98 Å². The van der Waals surface area contributed by atoms with Gasteiger partial charge in [0.1, 0.15) is 0 Å². The number of hydrogen-bond acceptors (Lipinski definition) is 5. The number of nitrogens with one attached hydrogen (secondary N) is 2. The van der Waals surface area contributed by atoms with Crippen LogP contribution < -0.4 is 10.6 Å². The Labute approximate surface area is 82.1 Å². The summed E-state index contributed by atoms with van der Waals surface area (Å²) >= 11 is 0. The molecule has 0 saturated carbocycles. The maximum Gasteiger partial charge on any atom is 0.236 e. The van der Waals surface area contributed by atoms with E-state index in [1.807, 2.05) is 0 Å². The maximum absolute atomic E-state index is 11.1. The molecular weight excluding hydrogens is 184 g/mol. The largest absolute Gasteiger partial charge is 0.358 e. The van der Waals surface area contributed by atoms with Crippen molar-refractivity contribution in [1.82, 2.24) is 20.8 Å². The third-order valence-corrected chi connectivity index (χ3v) is 1.78. The molecule has 1 atom stereocenters. The molecule has 1 unspecified atom stereocenters. The Morgan fingerprint density at radius 3 is 2.86 bits per heavy atom. The molecule has 1 heterocycles. The molecule has 1 amide bonds. The predicted molar refractivity (Wildman–Crippen MR) is 49.4 cm³/mol. The molecule has 0 aliphatic carbocycles. The van der Waals surface area contributed by atoms with E-state index in [0.717, 1.165) is 0 Å². The summed E-state index contributed by atoms with van der Waals surface area (Å²) in [6.45, 7) is 3.91. The van der Waals surface area contributed by atoms with Crippen LogP contribution in [0, 0.1) is 6.92 Å². The summed E-state index contributed by atoms with van der Waals surface area (Å²) in [6.07, 6.45) is 0. The van der Waals surface area contributed by atoms with Gasteiger partial charge in [-0.3, -0.25) is 10.1 Å². The second-order valence-corrected chi connectivity index (χ2v) is 2.95. The molecular formula is C8H14N4O2. The van der Waals surface area contributed by atoms with E-state index >= 15 is 0 Å². The molecule has 0 saturated heterocycles. The van der Waals surface area contributed by atoms with Crippen LogP contribution >= 0.6 is 0 Å². The van der Waals surface area contributed by atoms with Crippen molar-refractivity contribution in [1.29, 1.82) is 0 Å². The molecule has 0 spiro atoms. The highest BCUT2D eigenvalue weighted by Crippen LogP contribution is 1.94. The summed E-state index contributed by atoms with van der Waals surface area (Å²) in [7, 11) is 1.60. The molecule has 0 aliphatic heterocycles. The third kappa shape index (κ3) is 2.81. The van der Waals surface area contributed by atoms with Gasteiger partial charge in [-0.15, -0.1) is 0 Å². The molecule has 1 aromatic rings. The van der Waals surface area contributed by atoms with Crippen LogP contribution in [-0.2, 0) is 11.3 Å². The second kappa shape index (κ2) is 4.71. The highest BCUT2D eigenvalue weighted by atomic mass is 16.5. The van der Waals surface area contributed by atoms with Crippen LogP contribution in [0.2, 0.25) is 0 Å². The fourth-order valence-corrected chi connectivity index (χ4v) is 0.967. The Bertz CT molecular complexity index is 310. The molecule has 1 aromatic heterocycles. The van der Waals surface area contributed by atoms with Crippen LogP contribution in [0.3, 0.4) is 0 Å². The lowest BCUT2D eigenvalue weighted by Crippen LogP contribution is -2.40. The first-order valence-electron chi connectivity index (χ1n) is 4.37. The topological polar surface area (TPSA) is 80.0 Å². The van der Waals surface area contributed by atoms with Gasteiger partial charge in [-0.05, 0) is 6.92 Å². The lowest BCUT2D eigenvalue weighted by molar-refractivity contribution is -0.122. The van der Waals surface area contributed by atoms with Crippen LogP contribution in [0.25, 0.3) is 0 Å². The van der Waals surface area contributed by atoms with Gasteiger partial charge in [0, 0.05) is 14.0 Å². The van der Waals surface area contributed by atoms with Gasteiger partial charge in [0.15, 0.2) is 5.82 Å². The normalized spacial score (nSPS) is 12.5. The maximum atomic E-state index is 11.1. The highest BCUT2D eigenvalue weighted by Gasteiger charge is 2.11. The van der Waals surface area contributed by atoms with E-state index in [4.69, 9.17) is 4.52 Å². The molecule has 6 nitrogen and oxygen atoms in total. The highest BCUT2D eigenvalue weighted by molar-refractivity contribution is 5.80. The van der Waals surface area contributed by atoms with Crippen molar-refractivity contribution < 1.29 is 9.32 Å². The van der Waals surface area contributed by atoms with E-state index in [9.17, 15) is 4.79 Å². The number of aromatic nitrogens is 2. The number of aryl methyl sites for hydroxylation is 1. The van der Waals surface area contributed by atoms with Crippen molar-refractivity contribution in [3.8, 4) is 0 Å². The summed E-state index contributed by atoms with van der Waals surface area (Å²) < 4.78 is 4.78. The Morgan fingerprint density at radius 2 is 2.36 bits per heavy atom. The van der Waals surface area contributed by atoms with Crippen molar-refractivity contribution in [3.63, 3.8) is 0 Å². The first-order chi connectivity index (χ1) is 6.63. The first kappa shape index (κ1) is 10.6. The first-order valence-corrected chi connectivity index (χ1v) is 4.37. The molecule has 0 aromatic carbocycles. The molecule has 14 heavy (non-hydrogen) atoms. The zero-order valence-corrected chi connectivity index (χ0v) is 8.50. The van der Waals surface area contributed by atoms with Crippen molar-refractivity contribution >= 4 is 5.91 Å². The number of rotatable bonds is 4. The average Bonchev–Trinajstić information content (AvgIpc) is 2.59. The van der Waals surface area contributed by atoms with Crippen LogP contribution in [0.4, 0.5) is 0 Å². The quantitative estimate of drug-likeness (QED) is 0.688. The third-order valence-electron chi connectivity index (χ3n) is 1.78. The second-order valence-electron chi connectivity index (χ2n) is 2.95. The zero-order valence-electron chi connectivity index (χ0n) is 8.50. The molecule has 6 heteroatoms. The summed E-state index contributed by atoms with van der Waals surface area (Å²) in [5.74, 6) is 1.01. The minimum atomic E-state index is -0.265. The molecule has 0 bridgehead atoms. The van der Waals surface area contributed by atoms with Crippen LogP contribution in [0.15, 0.2) is 4.52 Å². The van der Waals surface area contributed by atoms with Crippen molar-refractivity contribution in [2.75, 3.05) is 7.05 Å². The van der Waals surface area contributed by atoms with E-state index in [1.165, 1.54) is 0 Å². The average molecular weight is 198 g/mol. The van der Waals surface area contributed by atoms with Crippen LogP contribution in [0.5, 0.6) is 0 Å². The van der Waals surface area contributed by atoms with Gasteiger partial charge in [0.25, 0.3) is 0 Å². The molecule has 0 radical (unpaired) electrons. The standard InChI is InChI=1S/C8H14N4O2/c1-5(8(13)9-3)10-4-7-11-6(2)14-12-7/h5,10H,4H2,1-3H3,(H,9,13). The van der Waals surface area contributed by atoms with Gasteiger partial charge in [-0.1, -0.05) is 5.16 Å². The fraction of sp³-hybridized carbons (Fsp3) is 0.625. The monoisotopic (exact) mass is 198 g/mol.